The Bertz CT molecular complexity index is 408. The Morgan fingerprint density at radius 1 is 1.47 bits per heavy atom. The third kappa shape index (κ3) is 4.71. The molecule has 0 aliphatic rings. The number of rotatable bonds is 7. The zero-order valence-electron chi connectivity index (χ0n) is 12.4. The average molecular weight is 266 g/mol. The number of aliphatic hydroxyl groups excluding tert-OH is 1. The van der Waals surface area contributed by atoms with E-state index in [4.69, 9.17) is 5.11 Å². The molecule has 4 heteroatoms. The van der Waals surface area contributed by atoms with E-state index >= 15 is 0 Å². The van der Waals surface area contributed by atoms with Crippen molar-refractivity contribution < 1.29 is 9.90 Å². The first-order valence-electron chi connectivity index (χ1n) is 6.93. The molecule has 0 bridgehead atoms. The van der Waals surface area contributed by atoms with Gasteiger partial charge in [0.1, 0.15) is 5.69 Å². The van der Waals surface area contributed by atoms with Gasteiger partial charge in [-0.1, -0.05) is 13.8 Å². The van der Waals surface area contributed by atoms with Crippen LogP contribution in [0.5, 0.6) is 0 Å². The Kier molecular flexibility index (Phi) is 5.60. The van der Waals surface area contributed by atoms with Crippen molar-refractivity contribution in [2.45, 2.75) is 46.6 Å². The maximum atomic E-state index is 12.0. The van der Waals surface area contributed by atoms with E-state index in [1.54, 1.807) is 0 Å². The molecule has 0 radical (unpaired) electrons. The van der Waals surface area contributed by atoms with Crippen molar-refractivity contribution in [3.8, 4) is 0 Å². The topological polar surface area (TPSA) is 54.3 Å². The van der Waals surface area contributed by atoms with Crippen LogP contribution in [0.4, 0.5) is 0 Å². The van der Waals surface area contributed by atoms with Gasteiger partial charge in [0.15, 0.2) is 0 Å². The molecule has 0 spiro atoms. The average Bonchev–Trinajstić information content (AvgIpc) is 2.83. The van der Waals surface area contributed by atoms with E-state index in [9.17, 15) is 4.79 Å². The van der Waals surface area contributed by atoms with Crippen molar-refractivity contribution in [1.82, 2.24) is 9.88 Å². The van der Waals surface area contributed by atoms with E-state index in [2.05, 4.69) is 19.2 Å². The summed E-state index contributed by atoms with van der Waals surface area (Å²) in [6, 6.07) is 4.01. The number of aromatic nitrogens is 1. The molecule has 1 amide bonds. The number of aliphatic hydroxyl groups is 1. The van der Waals surface area contributed by atoms with E-state index in [-0.39, 0.29) is 24.0 Å². The summed E-state index contributed by atoms with van der Waals surface area (Å²) in [6.07, 6.45) is 3.70. The molecule has 0 aromatic carbocycles. The normalized spacial score (nSPS) is 11.9. The van der Waals surface area contributed by atoms with Gasteiger partial charge in [-0.2, -0.15) is 0 Å². The number of nitrogens with one attached hydrogen (secondary N) is 1. The zero-order valence-corrected chi connectivity index (χ0v) is 12.4. The van der Waals surface area contributed by atoms with Gasteiger partial charge < -0.3 is 15.0 Å². The summed E-state index contributed by atoms with van der Waals surface area (Å²) in [5.41, 5.74) is 0.638. The largest absolute Gasteiger partial charge is 0.396 e. The lowest BCUT2D eigenvalue weighted by Crippen LogP contribution is -2.28. The molecule has 2 N–H and O–H groups in total. The Morgan fingerprint density at radius 3 is 2.74 bits per heavy atom. The van der Waals surface area contributed by atoms with Crippen LogP contribution in [0, 0.1) is 5.41 Å². The second-order valence-corrected chi connectivity index (χ2v) is 6.08. The zero-order chi connectivity index (χ0) is 14.5. The Balaban J connectivity index is 2.42. The standard InChI is InChI=1S/C15H26N2O2/c1-12(2)17-10-5-7-13(17)14(19)16-9-6-8-15(3,4)11-18/h5,7,10,12,18H,6,8-9,11H2,1-4H3,(H,16,19). The molecule has 0 atom stereocenters. The van der Waals surface area contributed by atoms with Crippen molar-refractivity contribution in [1.29, 1.82) is 0 Å². The molecule has 1 rings (SSSR count). The van der Waals surface area contributed by atoms with Gasteiger partial charge in [-0.15, -0.1) is 0 Å². The van der Waals surface area contributed by atoms with Crippen LogP contribution in [0.1, 0.15) is 57.1 Å². The van der Waals surface area contributed by atoms with Crippen LogP contribution in [-0.4, -0.2) is 28.7 Å². The maximum Gasteiger partial charge on any atom is 0.267 e. The molecule has 0 aliphatic carbocycles. The molecule has 108 valence electrons. The monoisotopic (exact) mass is 266 g/mol. The third-order valence-corrected chi connectivity index (χ3v) is 3.31. The van der Waals surface area contributed by atoms with Crippen LogP contribution in [0.25, 0.3) is 0 Å². The van der Waals surface area contributed by atoms with Crippen LogP contribution in [0.2, 0.25) is 0 Å². The highest BCUT2D eigenvalue weighted by atomic mass is 16.3. The van der Waals surface area contributed by atoms with E-state index in [1.807, 2.05) is 36.7 Å². The van der Waals surface area contributed by atoms with Crippen LogP contribution in [-0.2, 0) is 0 Å². The molecule has 0 saturated heterocycles. The number of carbonyl (C=O) groups excluding carboxylic acids is 1. The van der Waals surface area contributed by atoms with E-state index in [0.29, 0.717) is 12.2 Å². The lowest BCUT2D eigenvalue weighted by atomic mass is 9.89. The van der Waals surface area contributed by atoms with Crippen molar-refractivity contribution in [3.63, 3.8) is 0 Å². The van der Waals surface area contributed by atoms with E-state index in [0.717, 1.165) is 12.8 Å². The fourth-order valence-electron chi connectivity index (χ4n) is 1.97. The molecule has 0 saturated carbocycles. The lowest BCUT2D eigenvalue weighted by Gasteiger charge is -2.21. The first-order valence-corrected chi connectivity index (χ1v) is 6.93. The minimum absolute atomic E-state index is 0.0273. The minimum atomic E-state index is -0.0666. The number of amides is 1. The molecule has 19 heavy (non-hydrogen) atoms. The molecular formula is C15H26N2O2. The summed E-state index contributed by atoms with van der Waals surface area (Å²) in [7, 11) is 0. The van der Waals surface area contributed by atoms with Gasteiger partial charge in [-0.25, -0.2) is 0 Å². The molecular weight excluding hydrogens is 240 g/mol. The van der Waals surface area contributed by atoms with Crippen LogP contribution in [0.3, 0.4) is 0 Å². The van der Waals surface area contributed by atoms with Gasteiger partial charge >= 0.3 is 0 Å². The van der Waals surface area contributed by atoms with Crippen LogP contribution >= 0.6 is 0 Å². The summed E-state index contributed by atoms with van der Waals surface area (Å²) >= 11 is 0. The van der Waals surface area contributed by atoms with Gasteiger partial charge in [0.05, 0.1) is 0 Å². The van der Waals surface area contributed by atoms with E-state index in [1.165, 1.54) is 0 Å². The second-order valence-electron chi connectivity index (χ2n) is 6.08. The number of nitrogens with zero attached hydrogens (tertiary/aromatic N) is 1. The van der Waals surface area contributed by atoms with E-state index < -0.39 is 0 Å². The van der Waals surface area contributed by atoms with Gasteiger partial charge in [0.25, 0.3) is 5.91 Å². The minimum Gasteiger partial charge on any atom is -0.396 e. The lowest BCUT2D eigenvalue weighted by molar-refractivity contribution is 0.0938. The quantitative estimate of drug-likeness (QED) is 0.745. The predicted octanol–water partition coefficient (Wildman–Crippen LogP) is 2.60. The molecule has 1 aromatic heterocycles. The fraction of sp³-hybridized carbons (Fsp3) is 0.667. The summed E-state index contributed by atoms with van der Waals surface area (Å²) in [5, 5.41) is 12.1. The maximum absolute atomic E-state index is 12.0. The number of hydrogen-bond acceptors (Lipinski definition) is 2. The van der Waals surface area contributed by atoms with Crippen molar-refractivity contribution in [2.24, 2.45) is 5.41 Å². The summed E-state index contributed by atoms with van der Waals surface area (Å²) in [5.74, 6) is -0.0273. The molecule has 0 unspecified atom stereocenters. The number of carbonyl (C=O) groups is 1. The smallest absolute Gasteiger partial charge is 0.267 e. The Labute approximate surface area is 115 Å². The summed E-state index contributed by atoms with van der Waals surface area (Å²) < 4.78 is 1.97. The Morgan fingerprint density at radius 2 is 2.16 bits per heavy atom. The molecule has 4 nitrogen and oxygen atoms in total. The Hall–Kier alpha value is -1.29. The first kappa shape index (κ1) is 15.8. The van der Waals surface area contributed by atoms with Crippen LogP contribution < -0.4 is 5.32 Å². The highest BCUT2D eigenvalue weighted by Crippen LogP contribution is 2.20. The van der Waals surface area contributed by atoms with Gasteiger partial charge in [0, 0.05) is 25.4 Å². The summed E-state index contributed by atoms with van der Waals surface area (Å²) in [4.78, 5) is 12.0. The SMILES string of the molecule is CC(C)n1cccc1C(=O)NCCCC(C)(C)CO. The third-order valence-electron chi connectivity index (χ3n) is 3.31. The van der Waals surface area contributed by atoms with Gasteiger partial charge in [-0.05, 0) is 44.2 Å². The second kappa shape index (κ2) is 6.75. The van der Waals surface area contributed by atoms with Crippen molar-refractivity contribution >= 4 is 5.91 Å². The fourth-order valence-corrected chi connectivity index (χ4v) is 1.97. The van der Waals surface area contributed by atoms with Gasteiger partial charge in [-0.3, -0.25) is 4.79 Å². The highest BCUT2D eigenvalue weighted by molar-refractivity contribution is 5.92. The summed E-state index contributed by atoms with van der Waals surface area (Å²) in [6.45, 7) is 8.99. The highest BCUT2D eigenvalue weighted by Gasteiger charge is 2.16. The number of hydrogen-bond donors (Lipinski definition) is 2. The molecule has 1 heterocycles. The van der Waals surface area contributed by atoms with Crippen molar-refractivity contribution in [3.05, 3.63) is 24.0 Å². The molecule has 0 fully saturated rings. The van der Waals surface area contributed by atoms with Crippen molar-refractivity contribution in [2.75, 3.05) is 13.2 Å². The van der Waals surface area contributed by atoms with Crippen LogP contribution in [0.15, 0.2) is 18.3 Å². The predicted molar refractivity (Wildman–Crippen MR) is 77.3 cm³/mol. The van der Waals surface area contributed by atoms with Gasteiger partial charge in [0.2, 0.25) is 0 Å². The molecule has 0 aliphatic heterocycles. The first-order chi connectivity index (χ1) is 8.87. The molecule has 1 aromatic rings.